The normalized spacial score (nSPS) is 12.1. The number of pyridine rings is 1. The summed E-state index contributed by atoms with van der Waals surface area (Å²) in [5, 5.41) is 0.557. The highest BCUT2D eigenvalue weighted by atomic mass is 19.4. The molecular formula is C12H11F3N2. The van der Waals surface area contributed by atoms with E-state index in [1.807, 2.05) is 13.0 Å². The van der Waals surface area contributed by atoms with Crippen LogP contribution < -0.4 is 5.73 Å². The Morgan fingerprint density at radius 1 is 1.18 bits per heavy atom. The van der Waals surface area contributed by atoms with Crippen molar-refractivity contribution in [2.24, 2.45) is 0 Å². The lowest BCUT2D eigenvalue weighted by Crippen LogP contribution is -2.09. The fourth-order valence-electron chi connectivity index (χ4n) is 1.70. The highest BCUT2D eigenvalue weighted by Gasteiger charge is 2.33. The van der Waals surface area contributed by atoms with E-state index in [1.165, 1.54) is 0 Å². The molecule has 1 heterocycles. The van der Waals surface area contributed by atoms with Crippen LogP contribution >= 0.6 is 0 Å². The maximum Gasteiger partial charge on any atom is 0.433 e. The van der Waals surface area contributed by atoms with Crippen LogP contribution in [0.15, 0.2) is 18.2 Å². The molecule has 0 unspecified atom stereocenters. The number of hydrogen-bond acceptors (Lipinski definition) is 2. The summed E-state index contributed by atoms with van der Waals surface area (Å²) in [6, 6.07) is 4.39. The minimum absolute atomic E-state index is 0.102. The van der Waals surface area contributed by atoms with Gasteiger partial charge in [-0.05, 0) is 31.0 Å². The van der Waals surface area contributed by atoms with Gasteiger partial charge in [-0.25, -0.2) is 4.98 Å². The van der Waals surface area contributed by atoms with E-state index in [1.54, 1.807) is 13.0 Å². The van der Waals surface area contributed by atoms with Gasteiger partial charge in [-0.1, -0.05) is 12.1 Å². The first-order valence-corrected chi connectivity index (χ1v) is 5.04. The van der Waals surface area contributed by atoms with Gasteiger partial charge < -0.3 is 5.73 Å². The third-order valence-corrected chi connectivity index (χ3v) is 2.83. The van der Waals surface area contributed by atoms with E-state index in [9.17, 15) is 13.2 Å². The molecule has 0 saturated heterocycles. The molecule has 2 rings (SSSR count). The number of alkyl halides is 3. The number of nitrogens with two attached hydrogens (primary N) is 1. The number of anilines is 1. The van der Waals surface area contributed by atoms with Gasteiger partial charge in [0.2, 0.25) is 0 Å². The summed E-state index contributed by atoms with van der Waals surface area (Å²) in [5.74, 6) is 0. The average molecular weight is 240 g/mol. The van der Waals surface area contributed by atoms with Gasteiger partial charge in [-0.2, -0.15) is 13.2 Å². The SMILES string of the molecule is Cc1ccc2c(N)cc(C(F)(F)F)nc2c1C. The lowest BCUT2D eigenvalue weighted by molar-refractivity contribution is -0.140. The number of fused-ring (bicyclic) bond motifs is 1. The molecule has 0 aliphatic rings. The number of nitrogen functional groups attached to an aromatic ring is 1. The van der Waals surface area contributed by atoms with E-state index < -0.39 is 11.9 Å². The monoisotopic (exact) mass is 240 g/mol. The fraction of sp³-hybridized carbons (Fsp3) is 0.250. The van der Waals surface area contributed by atoms with Crippen LogP contribution in [0.3, 0.4) is 0 Å². The smallest absolute Gasteiger partial charge is 0.398 e. The fourth-order valence-corrected chi connectivity index (χ4v) is 1.70. The van der Waals surface area contributed by atoms with E-state index in [2.05, 4.69) is 4.98 Å². The van der Waals surface area contributed by atoms with Gasteiger partial charge in [0, 0.05) is 11.1 Å². The summed E-state index contributed by atoms with van der Waals surface area (Å²) < 4.78 is 37.8. The van der Waals surface area contributed by atoms with Crippen LogP contribution in [0.25, 0.3) is 10.9 Å². The molecule has 2 nitrogen and oxygen atoms in total. The summed E-state index contributed by atoms with van der Waals surface area (Å²) in [5.41, 5.74) is 6.72. The van der Waals surface area contributed by atoms with Gasteiger partial charge >= 0.3 is 6.18 Å². The standard InChI is InChI=1S/C12H11F3N2/c1-6-3-4-8-9(16)5-10(12(13,14)15)17-11(8)7(6)2/h3-5H,1-2H3,(H2,16,17). The molecule has 0 bridgehead atoms. The molecule has 0 saturated carbocycles. The molecular weight excluding hydrogens is 229 g/mol. The minimum Gasteiger partial charge on any atom is -0.398 e. The first-order chi connectivity index (χ1) is 7.80. The van der Waals surface area contributed by atoms with Crippen LogP contribution in [0.4, 0.5) is 18.9 Å². The first kappa shape index (κ1) is 11.7. The molecule has 0 radical (unpaired) electrons. The number of rotatable bonds is 0. The lowest BCUT2D eigenvalue weighted by atomic mass is 10.0. The predicted molar refractivity (Wildman–Crippen MR) is 60.6 cm³/mol. The van der Waals surface area contributed by atoms with Crippen LogP contribution in [-0.2, 0) is 6.18 Å². The quantitative estimate of drug-likeness (QED) is 0.765. The summed E-state index contributed by atoms with van der Waals surface area (Å²) in [4.78, 5) is 3.66. The molecule has 1 aromatic carbocycles. The number of hydrogen-bond donors (Lipinski definition) is 1. The second-order valence-electron chi connectivity index (χ2n) is 4.00. The molecule has 1 aromatic heterocycles. The maximum absolute atomic E-state index is 12.6. The zero-order chi connectivity index (χ0) is 12.8. The van der Waals surface area contributed by atoms with Crippen molar-refractivity contribution in [3.63, 3.8) is 0 Å². The van der Waals surface area contributed by atoms with Crippen molar-refractivity contribution < 1.29 is 13.2 Å². The van der Waals surface area contributed by atoms with E-state index in [0.717, 1.165) is 17.2 Å². The highest BCUT2D eigenvalue weighted by molar-refractivity contribution is 5.92. The number of halogens is 3. The lowest BCUT2D eigenvalue weighted by Gasteiger charge is -2.11. The van der Waals surface area contributed by atoms with Crippen molar-refractivity contribution in [1.29, 1.82) is 0 Å². The third kappa shape index (κ3) is 1.92. The second-order valence-corrected chi connectivity index (χ2v) is 4.00. The van der Waals surface area contributed by atoms with Crippen molar-refractivity contribution in [1.82, 2.24) is 4.98 Å². The van der Waals surface area contributed by atoms with Crippen molar-refractivity contribution in [2.75, 3.05) is 5.73 Å². The van der Waals surface area contributed by atoms with Crippen LogP contribution in [0.1, 0.15) is 16.8 Å². The molecule has 2 N–H and O–H groups in total. The van der Waals surface area contributed by atoms with Crippen LogP contribution in [-0.4, -0.2) is 4.98 Å². The van der Waals surface area contributed by atoms with Crippen LogP contribution in [0.5, 0.6) is 0 Å². The number of aryl methyl sites for hydroxylation is 2. The maximum atomic E-state index is 12.6. The largest absolute Gasteiger partial charge is 0.433 e. The Kier molecular flexibility index (Phi) is 2.49. The topological polar surface area (TPSA) is 38.9 Å². The van der Waals surface area contributed by atoms with Crippen LogP contribution in [0.2, 0.25) is 0 Å². The molecule has 2 aromatic rings. The Morgan fingerprint density at radius 3 is 2.41 bits per heavy atom. The molecule has 17 heavy (non-hydrogen) atoms. The van der Waals surface area contributed by atoms with Crippen LogP contribution in [0, 0.1) is 13.8 Å². The zero-order valence-electron chi connectivity index (χ0n) is 9.39. The summed E-state index contributed by atoms with van der Waals surface area (Å²) in [6.07, 6.45) is -4.47. The number of aromatic nitrogens is 1. The van der Waals surface area contributed by atoms with Gasteiger partial charge in [-0.15, -0.1) is 0 Å². The highest BCUT2D eigenvalue weighted by Crippen LogP contribution is 2.33. The molecule has 5 heteroatoms. The summed E-state index contributed by atoms with van der Waals surface area (Å²) >= 11 is 0. The van der Waals surface area contributed by atoms with E-state index in [0.29, 0.717) is 10.9 Å². The molecule has 0 atom stereocenters. The first-order valence-electron chi connectivity index (χ1n) is 5.04. The molecule has 90 valence electrons. The number of nitrogens with zero attached hydrogens (tertiary/aromatic N) is 1. The Balaban J connectivity index is 2.84. The van der Waals surface area contributed by atoms with Crippen molar-refractivity contribution in [3.05, 3.63) is 35.0 Å². The average Bonchev–Trinajstić information content (AvgIpc) is 2.22. The molecule has 0 amide bonds. The minimum atomic E-state index is -4.47. The van der Waals surface area contributed by atoms with Crippen molar-refractivity contribution in [2.45, 2.75) is 20.0 Å². The summed E-state index contributed by atoms with van der Waals surface area (Å²) in [7, 11) is 0. The second kappa shape index (κ2) is 3.61. The molecule has 0 aliphatic carbocycles. The van der Waals surface area contributed by atoms with Gasteiger partial charge in [0.1, 0.15) is 5.69 Å². The van der Waals surface area contributed by atoms with Gasteiger partial charge in [0.15, 0.2) is 0 Å². The Hall–Kier alpha value is -1.78. The molecule has 0 spiro atoms. The number of benzene rings is 1. The van der Waals surface area contributed by atoms with E-state index in [-0.39, 0.29) is 5.69 Å². The van der Waals surface area contributed by atoms with Crippen molar-refractivity contribution in [3.8, 4) is 0 Å². The van der Waals surface area contributed by atoms with Gasteiger partial charge in [0.25, 0.3) is 0 Å². The van der Waals surface area contributed by atoms with E-state index >= 15 is 0 Å². The Bertz CT molecular complexity index is 588. The third-order valence-electron chi connectivity index (χ3n) is 2.83. The Labute approximate surface area is 96.3 Å². The van der Waals surface area contributed by atoms with Crippen molar-refractivity contribution >= 4 is 16.6 Å². The molecule has 0 aliphatic heterocycles. The van der Waals surface area contributed by atoms with Gasteiger partial charge in [-0.3, -0.25) is 0 Å². The van der Waals surface area contributed by atoms with Gasteiger partial charge in [0.05, 0.1) is 5.52 Å². The Morgan fingerprint density at radius 2 is 1.82 bits per heavy atom. The summed E-state index contributed by atoms with van der Waals surface area (Å²) in [6.45, 7) is 3.57. The predicted octanol–water partition coefficient (Wildman–Crippen LogP) is 3.45. The zero-order valence-corrected chi connectivity index (χ0v) is 9.39. The van der Waals surface area contributed by atoms with E-state index in [4.69, 9.17) is 5.73 Å². The molecule has 0 fully saturated rings.